The number of ether oxygens (including phenoxy) is 4. The second-order valence-corrected chi connectivity index (χ2v) is 6.22. The summed E-state index contributed by atoms with van der Waals surface area (Å²) >= 11 is 0. The van der Waals surface area contributed by atoms with Gasteiger partial charge in [0.25, 0.3) is 0 Å². The van der Waals surface area contributed by atoms with Crippen LogP contribution in [-0.4, -0.2) is 26.0 Å². The highest BCUT2D eigenvalue weighted by molar-refractivity contribution is 5.87. The molecular weight excluding hydrogens is 320 g/mol. The minimum Gasteiger partial charge on any atom is -0.493 e. The lowest BCUT2D eigenvalue weighted by Crippen LogP contribution is -2.29. The summed E-state index contributed by atoms with van der Waals surface area (Å²) in [6, 6.07) is 3.79. The predicted octanol–water partition coefficient (Wildman–Crippen LogP) is 4.51. The molecule has 0 aliphatic heterocycles. The molecule has 2 unspecified atom stereocenters. The number of aryl methyl sites for hydroxylation is 1. The van der Waals surface area contributed by atoms with E-state index in [0.29, 0.717) is 30.1 Å². The van der Waals surface area contributed by atoms with E-state index in [1.807, 2.05) is 46.8 Å². The van der Waals surface area contributed by atoms with Crippen molar-refractivity contribution in [1.82, 2.24) is 0 Å². The molecular formula is C20H30O5. The van der Waals surface area contributed by atoms with Crippen molar-refractivity contribution in [2.75, 3.05) is 13.7 Å². The standard InChI is InChI=1S/C20H30O5/c1-9-20(7,25-19(21)13(3)4)16-11-14(5)18(17(12-16)22-8)24-15(6)23-10-2/h11-12,15H,3,9-10H2,1-2,4-8H3. The van der Waals surface area contributed by atoms with Gasteiger partial charge in [-0.3, -0.25) is 0 Å². The minimum absolute atomic E-state index is 0.369. The smallest absolute Gasteiger partial charge is 0.333 e. The van der Waals surface area contributed by atoms with Crippen LogP contribution in [0.3, 0.4) is 0 Å². The Kier molecular flexibility index (Phi) is 7.49. The first-order valence-corrected chi connectivity index (χ1v) is 8.54. The van der Waals surface area contributed by atoms with Crippen LogP contribution in [0.5, 0.6) is 11.5 Å². The van der Waals surface area contributed by atoms with E-state index >= 15 is 0 Å². The number of esters is 1. The molecule has 0 heterocycles. The Labute approximate surface area is 150 Å². The molecule has 0 N–H and O–H groups in total. The minimum atomic E-state index is -0.780. The third kappa shape index (κ3) is 5.23. The molecule has 0 amide bonds. The molecule has 140 valence electrons. The molecule has 5 nitrogen and oxygen atoms in total. The number of methoxy groups -OCH3 is 1. The summed E-state index contributed by atoms with van der Waals surface area (Å²) in [4.78, 5) is 12.0. The van der Waals surface area contributed by atoms with Crippen LogP contribution in [0.1, 0.15) is 52.2 Å². The van der Waals surface area contributed by atoms with E-state index in [2.05, 4.69) is 6.58 Å². The van der Waals surface area contributed by atoms with Gasteiger partial charge in [-0.15, -0.1) is 0 Å². The lowest BCUT2D eigenvalue weighted by molar-refractivity contribution is -0.154. The molecule has 1 rings (SSSR count). The van der Waals surface area contributed by atoms with E-state index in [-0.39, 0.29) is 6.29 Å². The molecule has 0 aliphatic rings. The van der Waals surface area contributed by atoms with Crippen molar-refractivity contribution in [3.8, 4) is 11.5 Å². The average Bonchev–Trinajstić information content (AvgIpc) is 2.56. The maximum atomic E-state index is 12.0. The Morgan fingerprint density at radius 2 is 1.96 bits per heavy atom. The molecule has 0 saturated heterocycles. The lowest BCUT2D eigenvalue weighted by Gasteiger charge is -2.30. The molecule has 0 aromatic heterocycles. The van der Waals surface area contributed by atoms with Gasteiger partial charge >= 0.3 is 5.97 Å². The Hall–Kier alpha value is -2.01. The number of carbonyl (C=O) groups is 1. The Morgan fingerprint density at radius 1 is 1.32 bits per heavy atom. The molecule has 0 fully saturated rings. The molecule has 2 atom stereocenters. The summed E-state index contributed by atoms with van der Waals surface area (Å²) in [5, 5.41) is 0. The van der Waals surface area contributed by atoms with Gasteiger partial charge < -0.3 is 18.9 Å². The van der Waals surface area contributed by atoms with Gasteiger partial charge in [-0.2, -0.15) is 0 Å². The SMILES string of the molecule is C=C(C)C(=O)OC(C)(CC)c1cc(C)c(OC(C)OCC)c(OC)c1. The normalized spacial score (nSPS) is 14.4. The fourth-order valence-corrected chi connectivity index (χ4v) is 2.41. The van der Waals surface area contributed by atoms with Crippen molar-refractivity contribution in [3.05, 3.63) is 35.4 Å². The molecule has 5 heteroatoms. The molecule has 1 aromatic carbocycles. The molecule has 0 aliphatic carbocycles. The van der Waals surface area contributed by atoms with Crippen molar-refractivity contribution < 1.29 is 23.7 Å². The van der Waals surface area contributed by atoms with Crippen molar-refractivity contribution in [2.24, 2.45) is 0 Å². The Morgan fingerprint density at radius 3 is 2.44 bits per heavy atom. The fraction of sp³-hybridized carbons (Fsp3) is 0.550. The van der Waals surface area contributed by atoms with Crippen LogP contribution in [-0.2, 0) is 19.9 Å². The zero-order chi connectivity index (χ0) is 19.2. The summed E-state index contributed by atoms with van der Waals surface area (Å²) in [5.41, 5.74) is 1.31. The average molecular weight is 350 g/mol. The van der Waals surface area contributed by atoms with Gasteiger partial charge in [0.15, 0.2) is 17.8 Å². The number of rotatable bonds is 9. The summed E-state index contributed by atoms with van der Waals surface area (Å²) in [7, 11) is 1.58. The fourth-order valence-electron chi connectivity index (χ4n) is 2.41. The quantitative estimate of drug-likeness (QED) is 0.373. The topological polar surface area (TPSA) is 54.0 Å². The predicted molar refractivity (Wildman–Crippen MR) is 98.0 cm³/mol. The van der Waals surface area contributed by atoms with Crippen LogP contribution in [0.4, 0.5) is 0 Å². The van der Waals surface area contributed by atoms with Crippen LogP contribution in [0.15, 0.2) is 24.3 Å². The van der Waals surface area contributed by atoms with E-state index < -0.39 is 11.6 Å². The first kappa shape index (κ1) is 21.0. The molecule has 25 heavy (non-hydrogen) atoms. The van der Waals surface area contributed by atoms with Crippen LogP contribution in [0, 0.1) is 6.92 Å². The largest absolute Gasteiger partial charge is 0.493 e. The molecule has 0 saturated carbocycles. The molecule has 0 radical (unpaired) electrons. The molecule has 0 spiro atoms. The van der Waals surface area contributed by atoms with Gasteiger partial charge in [-0.25, -0.2) is 4.79 Å². The van der Waals surface area contributed by atoms with Gasteiger partial charge in [0, 0.05) is 12.2 Å². The van der Waals surface area contributed by atoms with Crippen LogP contribution < -0.4 is 9.47 Å². The summed E-state index contributed by atoms with van der Waals surface area (Å²) in [6.45, 7) is 15.4. The third-order valence-corrected chi connectivity index (χ3v) is 4.10. The second kappa shape index (κ2) is 8.90. The number of hydrogen-bond donors (Lipinski definition) is 0. The van der Waals surface area contributed by atoms with Crippen molar-refractivity contribution in [3.63, 3.8) is 0 Å². The first-order chi connectivity index (χ1) is 11.7. The maximum absolute atomic E-state index is 12.0. The van der Waals surface area contributed by atoms with E-state index in [1.54, 1.807) is 14.0 Å². The Bertz CT molecular complexity index is 623. The Balaban J connectivity index is 3.26. The highest BCUT2D eigenvalue weighted by Crippen LogP contribution is 2.39. The lowest BCUT2D eigenvalue weighted by atomic mass is 9.91. The van der Waals surface area contributed by atoms with Crippen LogP contribution in [0.25, 0.3) is 0 Å². The van der Waals surface area contributed by atoms with Gasteiger partial charge in [0.05, 0.1) is 7.11 Å². The van der Waals surface area contributed by atoms with Crippen LogP contribution in [0.2, 0.25) is 0 Å². The molecule has 1 aromatic rings. The van der Waals surface area contributed by atoms with Crippen molar-refractivity contribution in [1.29, 1.82) is 0 Å². The third-order valence-electron chi connectivity index (χ3n) is 4.10. The zero-order valence-corrected chi connectivity index (χ0v) is 16.4. The van der Waals surface area contributed by atoms with Crippen LogP contribution >= 0.6 is 0 Å². The van der Waals surface area contributed by atoms with Gasteiger partial charge in [-0.05, 0) is 64.3 Å². The summed E-state index contributed by atoms with van der Waals surface area (Å²) in [6.07, 6.45) is 0.228. The summed E-state index contributed by atoms with van der Waals surface area (Å²) in [5.74, 6) is 0.788. The number of carbonyl (C=O) groups excluding carboxylic acids is 1. The summed E-state index contributed by atoms with van der Waals surface area (Å²) < 4.78 is 22.5. The maximum Gasteiger partial charge on any atom is 0.333 e. The highest BCUT2D eigenvalue weighted by atomic mass is 16.7. The van der Waals surface area contributed by atoms with Gasteiger partial charge in [0.2, 0.25) is 0 Å². The van der Waals surface area contributed by atoms with E-state index in [1.165, 1.54) is 0 Å². The van der Waals surface area contributed by atoms with E-state index in [9.17, 15) is 4.79 Å². The first-order valence-electron chi connectivity index (χ1n) is 8.54. The van der Waals surface area contributed by atoms with E-state index in [0.717, 1.165) is 11.1 Å². The van der Waals surface area contributed by atoms with Crippen molar-refractivity contribution in [2.45, 2.75) is 59.9 Å². The van der Waals surface area contributed by atoms with Gasteiger partial charge in [0.1, 0.15) is 5.60 Å². The zero-order valence-electron chi connectivity index (χ0n) is 16.4. The van der Waals surface area contributed by atoms with Crippen molar-refractivity contribution >= 4 is 5.97 Å². The highest BCUT2D eigenvalue weighted by Gasteiger charge is 2.31. The number of hydrogen-bond acceptors (Lipinski definition) is 5. The van der Waals surface area contributed by atoms with Gasteiger partial charge in [-0.1, -0.05) is 13.5 Å². The second-order valence-electron chi connectivity index (χ2n) is 6.22. The number of benzene rings is 1. The monoisotopic (exact) mass is 350 g/mol. The van der Waals surface area contributed by atoms with E-state index in [4.69, 9.17) is 18.9 Å². The molecule has 0 bridgehead atoms.